The maximum Gasteiger partial charge on any atom is 0.0652 e. The van der Waals surface area contributed by atoms with Gasteiger partial charge in [0.2, 0.25) is 0 Å². The van der Waals surface area contributed by atoms with Crippen LogP contribution in [0.5, 0.6) is 0 Å². The molecule has 14 heavy (non-hydrogen) atoms. The van der Waals surface area contributed by atoms with Crippen molar-refractivity contribution in [1.82, 2.24) is 0 Å². The molecule has 0 saturated heterocycles. The van der Waals surface area contributed by atoms with E-state index in [9.17, 15) is 0 Å². The van der Waals surface area contributed by atoms with Gasteiger partial charge in [-0.2, -0.15) is 0 Å². The molecule has 0 bridgehead atoms. The summed E-state index contributed by atoms with van der Waals surface area (Å²) in [6, 6.07) is 5.40. The highest BCUT2D eigenvalue weighted by atomic mass is 35.5. The molecule has 0 aliphatic heterocycles. The fraction of sp³-hybridized carbons (Fsp3) is 0.273. The molecule has 1 aromatic rings. The summed E-state index contributed by atoms with van der Waals surface area (Å²) in [5.41, 5.74) is 2.04. The third-order valence-electron chi connectivity index (χ3n) is 1.96. The Hall–Kier alpha value is -0.660. The number of nitrogens with one attached hydrogen (secondary N) is 1. The Morgan fingerprint density at radius 2 is 2.14 bits per heavy atom. The number of anilines is 1. The molecule has 0 amide bonds. The van der Waals surface area contributed by atoms with E-state index in [0.29, 0.717) is 10.0 Å². The molecule has 76 valence electrons. The molecule has 0 aliphatic carbocycles. The maximum atomic E-state index is 5.98. The van der Waals surface area contributed by atoms with Crippen LogP contribution >= 0.6 is 23.2 Å². The maximum absolute atomic E-state index is 5.98. The minimum atomic E-state index is 0.640. The van der Waals surface area contributed by atoms with Crippen molar-refractivity contribution in [1.29, 1.82) is 0 Å². The summed E-state index contributed by atoms with van der Waals surface area (Å²) in [4.78, 5) is 0. The number of benzene rings is 1. The first-order valence-corrected chi connectivity index (χ1v) is 5.24. The lowest BCUT2D eigenvalue weighted by Crippen LogP contribution is -2.03. The molecule has 0 heterocycles. The van der Waals surface area contributed by atoms with Crippen molar-refractivity contribution in [3.63, 3.8) is 0 Å². The first kappa shape index (κ1) is 11.4. The summed E-state index contributed by atoms with van der Waals surface area (Å²) < 4.78 is 0. The Labute approximate surface area is 94.7 Å². The van der Waals surface area contributed by atoms with E-state index in [1.807, 2.05) is 12.1 Å². The largest absolute Gasteiger partial charge is 0.380 e. The smallest absolute Gasteiger partial charge is 0.0652 e. The van der Waals surface area contributed by atoms with Crippen molar-refractivity contribution < 1.29 is 0 Å². The molecular weight excluding hydrogens is 217 g/mol. The molecule has 0 aromatic heterocycles. The number of halogens is 2. The van der Waals surface area contributed by atoms with E-state index in [1.54, 1.807) is 6.07 Å². The second-order valence-corrected chi connectivity index (χ2v) is 3.92. The van der Waals surface area contributed by atoms with Crippen molar-refractivity contribution >= 4 is 28.9 Å². The van der Waals surface area contributed by atoms with Crippen LogP contribution in [0, 0.1) is 0 Å². The fourth-order valence-corrected chi connectivity index (χ4v) is 1.45. The van der Waals surface area contributed by atoms with Crippen LogP contribution in [0.15, 0.2) is 30.4 Å². The van der Waals surface area contributed by atoms with E-state index in [1.165, 1.54) is 0 Å². The number of hydrogen-bond acceptors (Lipinski definition) is 1. The van der Waals surface area contributed by atoms with E-state index in [4.69, 9.17) is 23.2 Å². The van der Waals surface area contributed by atoms with Crippen LogP contribution in [0.1, 0.15) is 13.3 Å². The second kappa shape index (κ2) is 5.28. The Kier molecular flexibility index (Phi) is 4.30. The topological polar surface area (TPSA) is 12.0 Å². The van der Waals surface area contributed by atoms with E-state index in [2.05, 4.69) is 18.8 Å². The lowest BCUT2D eigenvalue weighted by Gasteiger charge is -2.09. The number of hydrogen-bond donors (Lipinski definition) is 1. The Morgan fingerprint density at radius 1 is 1.43 bits per heavy atom. The summed E-state index contributed by atoms with van der Waals surface area (Å²) >= 11 is 11.8. The Morgan fingerprint density at radius 3 is 2.71 bits per heavy atom. The first-order chi connectivity index (χ1) is 6.63. The highest BCUT2D eigenvalue weighted by molar-refractivity contribution is 6.36. The highest BCUT2D eigenvalue weighted by Crippen LogP contribution is 2.25. The zero-order chi connectivity index (χ0) is 10.6. The van der Waals surface area contributed by atoms with Gasteiger partial charge in [0.15, 0.2) is 0 Å². The highest BCUT2D eigenvalue weighted by Gasteiger charge is 2.00. The molecule has 1 N–H and O–H groups in total. The minimum Gasteiger partial charge on any atom is -0.380 e. The summed E-state index contributed by atoms with van der Waals surface area (Å²) in [6.45, 7) is 6.73. The molecule has 0 unspecified atom stereocenters. The molecule has 0 spiro atoms. The molecular formula is C11H13Cl2N. The summed E-state index contributed by atoms with van der Waals surface area (Å²) in [5, 5.41) is 4.49. The van der Waals surface area contributed by atoms with Gasteiger partial charge in [-0.3, -0.25) is 0 Å². The summed E-state index contributed by atoms with van der Waals surface area (Å²) in [5.74, 6) is 0. The zero-order valence-corrected chi connectivity index (χ0v) is 9.62. The third kappa shape index (κ3) is 3.24. The van der Waals surface area contributed by atoms with Crippen molar-refractivity contribution in [2.45, 2.75) is 13.3 Å². The predicted molar refractivity (Wildman–Crippen MR) is 64.4 cm³/mol. The van der Waals surface area contributed by atoms with Crippen LogP contribution in [0.4, 0.5) is 5.69 Å². The van der Waals surface area contributed by atoms with Crippen molar-refractivity contribution in [2.24, 2.45) is 0 Å². The first-order valence-electron chi connectivity index (χ1n) is 4.49. The third-order valence-corrected chi connectivity index (χ3v) is 2.51. The van der Waals surface area contributed by atoms with E-state index < -0.39 is 0 Å². The molecule has 0 aliphatic rings. The zero-order valence-electron chi connectivity index (χ0n) is 8.11. The van der Waals surface area contributed by atoms with Crippen LogP contribution in [0.3, 0.4) is 0 Å². The van der Waals surface area contributed by atoms with E-state index in [-0.39, 0.29) is 0 Å². The van der Waals surface area contributed by atoms with Gasteiger partial charge >= 0.3 is 0 Å². The standard InChI is InChI=1S/C11H13Cl2N/c1-3-8(2)7-14-11-5-4-9(12)6-10(11)13/h4-6,14H,2-3,7H2,1H3. The van der Waals surface area contributed by atoms with Gasteiger partial charge in [-0.15, -0.1) is 0 Å². The van der Waals surface area contributed by atoms with Crippen molar-refractivity contribution in [2.75, 3.05) is 11.9 Å². The summed E-state index contributed by atoms with van der Waals surface area (Å²) in [6.07, 6.45) is 0.970. The van der Waals surface area contributed by atoms with Crippen LogP contribution in [-0.2, 0) is 0 Å². The monoisotopic (exact) mass is 229 g/mol. The molecule has 0 fully saturated rings. The van der Waals surface area contributed by atoms with Gasteiger partial charge in [0, 0.05) is 11.6 Å². The lowest BCUT2D eigenvalue weighted by molar-refractivity contribution is 1.05. The predicted octanol–water partition coefficient (Wildman–Crippen LogP) is 4.37. The van der Waals surface area contributed by atoms with Gasteiger partial charge < -0.3 is 5.32 Å². The van der Waals surface area contributed by atoms with Crippen LogP contribution in [-0.4, -0.2) is 6.54 Å². The van der Waals surface area contributed by atoms with Gasteiger partial charge in [0.25, 0.3) is 0 Å². The minimum absolute atomic E-state index is 0.640. The van der Waals surface area contributed by atoms with Gasteiger partial charge in [-0.05, 0) is 24.6 Å². The summed E-state index contributed by atoms with van der Waals surface area (Å²) in [7, 11) is 0. The van der Waals surface area contributed by atoms with Crippen LogP contribution in [0.2, 0.25) is 10.0 Å². The fourth-order valence-electron chi connectivity index (χ4n) is 0.978. The van der Waals surface area contributed by atoms with Gasteiger partial charge in [0.1, 0.15) is 0 Å². The van der Waals surface area contributed by atoms with Crippen molar-refractivity contribution in [3.05, 3.63) is 40.4 Å². The van der Waals surface area contributed by atoms with Crippen LogP contribution in [0.25, 0.3) is 0 Å². The molecule has 1 nitrogen and oxygen atoms in total. The lowest BCUT2D eigenvalue weighted by atomic mass is 10.2. The molecule has 0 radical (unpaired) electrons. The van der Waals surface area contributed by atoms with E-state index >= 15 is 0 Å². The molecule has 3 heteroatoms. The van der Waals surface area contributed by atoms with E-state index in [0.717, 1.165) is 24.2 Å². The second-order valence-electron chi connectivity index (χ2n) is 3.08. The number of rotatable bonds is 4. The average molecular weight is 230 g/mol. The quantitative estimate of drug-likeness (QED) is 0.757. The average Bonchev–Trinajstić information content (AvgIpc) is 2.16. The van der Waals surface area contributed by atoms with Crippen molar-refractivity contribution in [3.8, 4) is 0 Å². The van der Waals surface area contributed by atoms with Gasteiger partial charge in [-0.25, -0.2) is 0 Å². The Bertz CT molecular complexity index is 334. The molecule has 1 aromatic carbocycles. The van der Waals surface area contributed by atoms with Gasteiger partial charge in [0.05, 0.1) is 10.7 Å². The van der Waals surface area contributed by atoms with Crippen LogP contribution < -0.4 is 5.32 Å². The van der Waals surface area contributed by atoms with Gasteiger partial charge in [-0.1, -0.05) is 42.3 Å². The SMILES string of the molecule is C=C(CC)CNc1ccc(Cl)cc1Cl. The normalized spacial score (nSPS) is 9.93. The Balaban J connectivity index is 2.63. The molecule has 0 saturated carbocycles. The molecule has 1 rings (SSSR count). The molecule has 0 atom stereocenters.